The lowest BCUT2D eigenvalue weighted by atomic mass is 10.0. The minimum atomic E-state index is -0.375. The quantitative estimate of drug-likeness (QED) is 0.839. The minimum absolute atomic E-state index is 0.150. The molecule has 2 rings (SSSR count). The predicted molar refractivity (Wildman–Crippen MR) is 73.1 cm³/mol. The van der Waals surface area contributed by atoms with E-state index in [0.717, 1.165) is 25.9 Å². The van der Waals surface area contributed by atoms with Gasteiger partial charge in [-0.05, 0) is 52.9 Å². The van der Waals surface area contributed by atoms with Crippen molar-refractivity contribution in [1.29, 1.82) is 0 Å². The minimum Gasteiger partial charge on any atom is -0.324 e. The summed E-state index contributed by atoms with van der Waals surface area (Å²) in [7, 11) is 0. The van der Waals surface area contributed by atoms with Gasteiger partial charge in [0.1, 0.15) is 5.82 Å². The van der Waals surface area contributed by atoms with Gasteiger partial charge in [-0.1, -0.05) is 6.92 Å². The number of benzene rings is 1. The molecule has 5 heteroatoms. The molecular formula is C13H16BrFN2O. The number of nitrogens with zero attached hydrogens (tertiary/aromatic N) is 1. The molecule has 3 nitrogen and oxygen atoms in total. The van der Waals surface area contributed by atoms with Crippen LogP contribution in [-0.2, 0) is 0 Å². The lowest BCUT2D eigenvalue weighted by Crippen LogP contribution is -2.41. The molecule has 0 saturated carbocycles. The normalized spacial score (nSPS) is 19.7. The molecule has 98 valence electrons. The maximum atomic E-state index is 13.3. The van der Waals surface area contributed by atoms with Crippen LogP contribution in [0.3, 0.4) is 0 Å². The van der Waals surface area contributed by atoms with E-state index in [1.54, 1.807) is 17.0 Å². The molecule has 1 aromatic rings. The highest BCUT2D eigenvalue weighted by Crippen LogP contribution is 2.21. The van der Waals surface area contributed by atoms with Crippen molar-refractivity contribution in [3.63, 3.8) is 0 Å². The van der Waals surface area contributed by atoms with Gasteiger partial charge in [0.15, 0.2) is 0 Å². The summed E-state index contributed by atoms with van der Waals surface area (Å²) in [5.74, 6) is 0.158. The molecule has 1 saturated heterocycles. The predicted octanol–water partition coefficient (Wildman–Crippen LogP) is 3.85. The van der Waals surface area contributed by atoms with Gasteiger partial charge >= 0.3 is 6.03 Å². The van der Waals surface area contributed by atoms with Crippen LogP contribution in [0.15, 0.2) is 22.7 Å². The van der Waals surface area contributed by atoms with Crippen LogP contribution in [0.25, 0.3) is 0 Å². The fraction of sp³-hybridized carbons (Fsp3) is 0.462. The molecule has 1 N–H and O–H groups in total. The topological polar surface area (TPSA) is 32.3 Å². The Labute approximate surface area is 114 Å². The zero-order valence-electron chi connectivity index (χ0n) is 10.2. The standard InChI is InChI=1S/C13H16BrFN2O/c1-9-3-2-6-17(8-9)13(18)16-10-4-5-11(14)12(15)7-10/h4-5,7,9H,2-3,6,8H2,1H3,(H,16,18). The van der Waals surface area contributed by atoms with Crippen molar-refractivity contribution in [3.05, 3.63) is 28.5 Å². The van der Waals surface area contributed by atoms with Gasteiger partial charge in [-0.25, -0.2) is 9.18 Å². The summed E-state index contributed by atoms with van der Waals surface area (Å²) in [4.78, 5) is 13.8. The highest BCUT2D eigenvalue weighted by molar-refractivity contribution is 9.10. The van der Waals surface area contributed by atoms with Crippen LogP contribution in [0, 0.1) is 11.7 Å². The average Bonchev–Trinajstić information content (AvgIpc) is 2.34. The van der Waals surface area contributed by atoms with Crippen molar-refractivity contribution in [2.45, 2.75) is 19.8 Å². The summed E-state index contributed by atoms with van der Waals surface area (Å²) in [5.41, 5.74) is 0.485. The number of anilines is 1. The first-order valence-corrected chi connectivity index (χ1v) is 6.86. The number of hydrogen-bond donors (Lipinski definition) is 1. The zero-order valence-corrected chi connectivity index (χ0v) is 11.8. The molecule has 2 amide bonds. The summed E-state index contributed by atoms with van der Waals surface area (Å²) >= 11 is 3.08. The van der Waals surface area contributed by atoms with Crippen LogP contribution in [0.1, 0.15) is 19.8 Å². The van der Waals surface area contributed by atoms with Gasteiger partial charge in [-0.15, -0.1) is 0 Å². The second-order valence-corrected chi connectivity index (χ2v) is 5.61. The Hall–Kier alpha value is -1.10. The number of piperidine rings is 1. The van der Waals surface area contributed by atoms with E-state index in [-0.39, 0.29) is 11.8 Å². The first-order valence-electron chi connectivity index (χ1n) is 6.07. The summed E-state index contributed by atoms with van der Waals surface area (Å²) in [5, 5.41) is 2.73. The number of rotatable bonds is 1. The maximum Gasteiger partial charge on any atom is 0.321 e. The molecule has 0 bridgehead atoms. The van der Waals surface area contributed by atoms with Crippen molar-refractivity contribution in [3.8, 4) is 0 Å². The number of carbonyl (C=O) groups excluding carboxylic acids is 1. The maximum absolute atomic E-state index is 13.3. The smallest absolute Gasteiger partial charge is 0.321 e. The highest BCUT2D eigenvalue weighted by atomic mass is 79.9. The highest BCUT2D eigenvalue weighted by Gasteiger charge is 2.20. The van der Waals surface area contributed by atoms with Gasteiger partial charge in [-0.3, -0.25) is 0 Å². The van der Waals surface area contributed by atoms with Gasteiger partial charge in [0.25, 0.3) is 0 Å². The van der Waals surface area contributed by atoms with Gasteiger partial charge < -0.3 is 10.2 Å². The largest absolute Gasteiger partial charge is 0.324 e. The average molecular weight is 315 g/mol. The van der Waals surface area contributed by atoms with Crippen molar-refractivity contribution >= 4 is 27.6 Å². The molecule has 1 aromatic carbocycles. The lowest BCUT2D eigenvalue weighted by molar-refractivity contribution is 0.182. The molecule has 0 radical (unpaired) electrons. The second kappa shape index (κ2) is 5.69. The number of likely N-dealkylation sites (tertiary alicyclic amines) is 1. The first kappa shape index (κ1) is 13.3. The van der Waals surface area contributed by atoms with E-state index in [4.69, 9.17) is 0 Å². The van der Waals surface area contributed by atoms with Crippen LogP contribution in [0.5, 0.6) is 0 Å². The Kier molecular flexibility index (Phi) is 4.22. The fourth-order valence-electron chi connectivity index (χ4n) is 2.15. The van der Waals surface area contributed by atoms with Crippen LogP contribution in [0.4, 0.5) is 14.9 Å². The molecule has 1 atom stereocenters. The number of amides is 2. The Morgan fingerprint density at radius 2 is 2.33 bits per heavy atom. The molecule has 18 heavy (non-hydrogen) atoms. The van der Waals surface area contributed by atoms with E-state index >= 15 is 0 Å². The summed E-state index contributed by atoms with van der Waals surface area (Å²) in [6, 6.07) is 4.43. The number of urea groups is 1. The number of halogens is 2. The van der Waals surface area contributed by atoms with Crippen molar-refractivity contribution in [2.24, 2.45) is 5.92 Å². The monoisotopic (exact) mass is 314 g/mol. The fourth-order valence-corrected chi connectivity index (χ4v) is 2.40. The van der Waals surface area contributed by atoms with Crippen LogP contribution < -0.4 is 5.32 Å². The Morgan fingerprint density at radius 1 is 1.56 bits per heavy atom. The van der Waals surface area contributed by atoms with Gasteiger partial charge in [0.2, 0.25) is 0 Å². The van der Waals surface area contributed by atoms with E-state index in [1.807, 2.05) is 0 Å². The number of carbonyl (C=O) groups is 1. The molecule has 1 unspecified atom stereocenters. The summed E-state index contributed by atoms with van der Waals surface area (Å²) in [6.07, 6.45) is 2.19. The van der Waals surface area contributed by atoms with Crippen LogP contribution in [-0.4, -0.2) is 24.0 Å². The molecule has 0 spiro atoms. The Bertz CT molecular complexity index is 453. The third kappa shape index (κ3) is 3.22. The van der Waals surface area contributed by atoms with Gasteiger partial charge in [0, 0.05) is 18.8 Å². The number of hydrogen-bond acceptors (Lipinski definition) is 1. The van der Waals surface area contributed by atoms with E-state index in [0.29, 0.717) is 16.1 Å². The number of nitrogens with one attached hydrogen (secondary N) is 1. The summed E-state index contributed by atoms with van der Waals surface area (Å²) in [6.45, 7) is 3.68. The van der Waals surface area contributed by atoms with Gasteiger partial charge in [0.05, 0.1) is 4.47 Å². The molecule has 0 aliphatic carbocycles. The van der Waals surface area contributed by atoms with Crippen LogP contribution >= 0.6 is 15.9 Å². The van der Waals surface area contributed by atoms with E-state index in [9.17, 15) is 9.18 Å². The third-order valence-corrected chi connectivity index (χ3v) is 3.76. The molecule has 1 fully saturated rings. The SMILES string of the molecule is CC1CCCN(C(=O)Nc2ccc(Br)c(F)c2)C1. The summed E-state index contributed by atoms with van der Waals surface area (Å²) < 4.78 is 13.7. The molecule has 1 aliphatic rings. The van der Waals surface area contributed by atoms with Gasteiger partial charge in [-0.2, -0.15) is 0 Å². The zero-order chi connectivity index (χ0) is 13.1. The lowest BCUT2D eigenvalue weighted by Gasteiger charge is -2.30. The first-order chi connectivity index (χ1) is 8.56. The van der Waals surface area contributed by atoms with E-state index in [1.165, 1.54) is 6.07 Å². The third-order valence-electron chi connectivity index (χ3n) is 3.12. The molecular weight excluding hydrogens is 299 g/mol. The van der Waals surface area contributed by atoms with E-state index in [2.05, 4.69) is 28.2 Å². The second-order valence-electron chi connectivity index (χ2n) is 4.75. The molecule has 1 aliphatic heterocycles. The Balaban J connectivity index is 2.00. The molecule has 1 heterocycles. The van der Waals surface area contributed by atoms with Crippen molar-refractivity contribution < 1.29 is 9.18 Å². The Morgan fingerprint density at radius 3 is 3.00 bits per heavy atom. The van der Waals surface area contributed by atoms with E-state index < -0.39 is 0 Å². The van der Waals surface area contributed by atoms with Crippen LogP contribution in [0.2, 0.25) is 0 Å². The van der Waals surface area contributed by atoms with Crippen molar-refractivity contribution in [2.75, 3.05) is 18.4 Å². The molecule has 0 aromatic heterocycles. The van der Waals surface area contributed by atoms with Crippen molar-refractivity contribution in [1.82, 2.24) is 4.90 Å².